The van der Waals surface area contributed by atoms with Gasteiger partial charge in [-0.15, -0.1) is 0 Å². The fraction of sp³-hybridized carbons (Fsp3) is 0.182. The normalized spacial score (nSPS) is 10.3. The molecular weight excluding hydrogens is 352 g/mol. The zero-order valence-corrected chi connectivity index (χ0v) is 15.5. The van der Waals surface area contributed by atoms with Crippen LogP contribution in [0.15, 0.2) is 73.2 Å². The predicted molar refractivity (Wildman–Crippen MR) is 107 cm³/mol. The zero-order valence-electron chi connectivity index (χ0n) is 15.5. The van der Waals surface area contributed by atoms with Gasteiger partial charge in [-0.1, -0.05) is 36.4 Å². The van der Waals surface area contributed by atoms with Crippen molar-refractivity contribution in [2.24, 2.45) is 0 Å². The summed E-state index contributed by atoms with van der Waals surface area (Å²) in [6, 6.07) is 16.9. The highest BCUT2D eigenvalue weighted by atomic mass is 16.2. The number of hydrogen-bond acceptors (Lipinski definition) is 4. The van der Waals surface area contributed by atoms with Gasteiger partial charge in [0.2, 0.25) is 0 Å². The molecule has 1 aromatic carbocycles. The molecule has 2 N–H and O–H groups in total. The number of aryl methyl sites for hydroxylation is 1. The molecule has 2 aromatic heterocycles. The molecule has 0 saturated carbocycles. The van der Waals surface area contributed by atoms with E-state index in [2.05, 4.69) is 32.7 Å². The average molecular weight is 374 g/mol. The summed E-state index contributed by atoms with van der Waals surface area (Å²) in [4.78, 5) is 32.7. The number of carbonyl (C=O) groups excluding carboxylic acids is 2. The van der Waals surface area contributed by atoms with Crippen molar-refractivity contribution in [2.45, 2.75) is 19.4 Å². The van der Waals surface area contributed by atoms with Gasteiger partial charge in [-0.2, -0.15) is 0 Å². The van der Waals surface area contributed by atoms with Crippen molar-refractivity contribution in [3.8, 4) is 0 Å². The van der Waals surface area contributed by atoms with E-state index in [9.17, 15) is 9.59 Å². The predicted octanol–water partition coefficient (Wildman–Crippen LogP) is 2.77. The lowest BCUT2D eigenvalue weighted by molar-refractivity contribution is 0.0946. The van der Waals surface area contributed by atoms with E-state index in [4.69, 9.17) is 0 Å². The first-order chi connectivity index (χ1) is 13.7. The molecule has 0 aliphatic heterocycles. The minimum Gasteiger partial charge on any atom is -0.352 e. The lowest BCUT2D eigenvalue weighted by atomic mass is 10.1. The third kappa shape index (κ3) is 5.74. The molecule has 2 amide bonds. The number of rotatable bonds is 8. The number of hydrogen-bond donors (Lipinski definition) is 2. The Morgan fingerprint density at radius 1 is 0.857 bits per heavy atom. The summed E-state index contributed by atoms with van der Waals surface area (Å²) < 4.78 is 0. The van der Waals surface area contributed by atoms with Crippen LogP contribution < -0.4 is 10.6 Å². The largest absolute Gasteiger partial charge is 0.352 e. The van der Waals surface area contributed by atoms with Crippen LogP contribution in [-0.2, 0) is 13.0 Å². The third-order valence-electron chi connectivity index (χ3n) is 4.20. The summed E-state index contributed by atoms with van der Waals surface area (Å²) in [5, 5.41) is 5.67. The summed E-state index contributed by atoms with van der Waals surface area (Å²) >= 11 is 0. The average Bonchev–Trinajstić information content (AvgIpc) is 2.76. The van der Waals surface area contributed by atoms with Crippen LogP contribution >= 0.6 is 0 Å². The minimum atomic E-state index is -0.331. The number of aromatic nitrogens is 2. The van der Waals surface area contributed by atoms with Crippen LogP contribution in [0.4, 0.5) is 0 Å². The van der Waals surface area contributed by atoms with Crippen LogP contribution in [0.3, 0.4) is 0 Å². The summed E-state index contributed by atoms with van der Waals surface area (Å²) in [7, 11) is 0. The van der Waals surface area contributed by atoms with Crippen molar-refractivity contribution in [2.75, 3.05) is 6.54 Å². The Balaban J connectivity index is 1.49. The summed E-state index contributed by atoms with van der Waals surface area (Å²) in [6.45, 7) is 0.919. The summed E-state index contributed by atoms with van der Waals surface area (Å²) in [6.07, 6.45) is 6.58. The number of pyridine rings is 2. The molecule has 2 heterocycles. The van der Waals surface area contributed by atoms with Crippen molar-refractivity contribution >= 4 is 11.8 Å². The Morgan fingerprint density at radius 2 is 1.68 bits per heavy atom. The van der Waals surface area contributed by atoms with Gasteiger partial charge in [-0.3, -0.25) is 19.6 Å². The number of amides is 2. The molecule has 0 saturated heterocycles. The standard InChI is InChI=1S/C22H22N4O2/c27-21(25-12-5-8-17-6-2-1-3-7-17)19-10-13-24-20(14-19)22(28)26-16-18-9-4-11-23-15-18/h1-4,6-7,9-11,13-15H,5,8,12,16H2,(H,25,27)(H,26,28). The molecular formula is C22H22N4O2. The van der Waals surface area contributed by atoms with Crippen LogP contribution in [0.2, 0.25) is 0 Å². The SMILES string of the molecule is O=C(NCCCc1ccccc1)c1ccnc(C(=O)NCc2cccnc2)c1. The Hall–Kier alpha value is -3.54. The molecule has 3 aromatic rings. The van der Waals surface area contributed by atoms with E-state index in [0.717, 1.165) is 18.4 Å². The third-order valence-corrected chi connectivity index (χ3v) is 4.20. The molecule has 0 aliphatic rings. The second-order valence-corrected chi connectivity index (χ2v) is 6.32. The molecule has 3 rings (SSSR count). The highest BCUT2D eigenvalue weighted by Crippen LogP contribution is 2.05. The Bertz CT molecular complexity index is 914. The van der Waals surface area contributed by atoms with E-state index in [-0.39, 0.29) is 17.5 Å². The number of nitrogens with one attached hydrogen (secondary N) is 2. The smallest absolute Gasteiger partial charge is 0.270 e. The topological polar surface area (TPSA) is 84.0 Å². The van der Waals surface area contributed by atoms with Gasteiger partial charge in [-0.05, 0) is 42.2 Å². The van der Waals surface area contributed by atoms with Gasteiger partial charge in [0.05, 0.1) is 0 Å². The minimum absolute atomic E-state index is 0.209. The van der Waals surface area contributed by atoms with Gasteiger partial charge in [0.1, 0.15) is 5.69 Å². The number of nitrogens with zero attached hydrogens (tertiary/aromatic N) is 2. The molecule has 0 spiro atoms. The van der Waals surface area contributed by atoms with Gasteiger partial charge >= 0.3 is 0 Å². The first-order valence-corrected chi connectivity index (χ1v) is 9.17. The second-order valence-electron chi connectivity index (χ2n) is 6.32. The summed E-state index contributed by atoms with van der Waals surface area (Å²) in [5.41, 5.74) is 2.76. The van der Waals surface area contributed by atoms with Crippen LogP contribution in [0.25, 0.3) is 0 Å². The molecule has 28 heavy (non-hydrogen) atoms. The van der Waals surface area contributed by atoms with Crippen molar-refractivity contribution < 1.29 is 9.59 Å². The highest BCUT2D eigenvalue weighted by molar-refractivity contribution is 5.98. The van der Waals surface area contributed by atoms with Crippen molar-refractivity contribution in [3.05, 3.63) is 95.6 Å². The maximum absolute atomic E-state index is 12.3. The van der Waals surface area contributed by atoms with E-state index in [1.54, 1.807) is 18.5 Å². The van der Waals surface area contributed by atoms with Crippen molar-refractivity contribution in [3.63, 3.8) is 0 Å². The van der Waals surface area contributed by atoms with Gasteiger partial charge in [-0.25, -0.2) is 0 Å². The Labute approximate surface area is 164 Å². The van der Waals surface area contributed by atoms with Crippen molar-refractivity contribution in [1.82, 2.24) is 20.6 Å². The lowest BCUT2D eigenvalue weighted by Gasteiger charge is -2.08. The Morgan fingerprint density at radius 3 is 2.46 bits per heavy atom. The quantitative estimate of drug-likeness (QED) is 0.594. The number of benzene rings is 1. The number of carbonyl (C=O) groups is 2. The van der Waals surface area contributed by atoms with Crippen LogP contribution in [-0.4, -0.2) is 28.3 Å². The van der Waals surface area contributed by atoms with E-state index in [0.29, 0.717) is 18.7 Å². The van der Waals surface area contributed by atoms with E-state index in [1.165, 1.54) is 17.8 Å². The summed E-state index contributed by atoms with van der Waals surface area (Å²) in [5.74, 6) is -0.542. The van der Waals surface area contributed by atoms with Gasteiger partial charge < -0.3 is 10.6 Å². The molecule has 0 fully saturated rings. The first kappa shape index (κ1) is 19.2. The highest BCUT2D eigenvalue weighted by Gasteiger charge is 2.11. The van der Waals surface area contributed by atoms with Crippen molar-refractivity contribution in [1.29, 1.82) is 0 Å². The molecule has 0 bridgehead atoms. The molecule has 142 valence electrons. The van der Waals surface area contributed by atoms with E-state index >= 15 is 0 Å². The molecule has 0 aliphatic carbocycles. The monoisotopic (exact) mass is 374 g/mol. The van der Waals surface area contributed by atoms with Gasteiger partial charge in [0, 0.05) is 37.2 Å². The zero-order chi connectivity index (χ0) is 19.6. The van der Waals surface area contributed by atoms with Crippen LogP contribution in [0.5, 0.6) is 0 Å². The Kier molecular flexibility index (Phi) is 6.84. The van der Waals surface area contributed by atoms with Gasteiger partial charge in [0.15, 0.2) is 0 Å². The van der Waals surface area contributed by atoms with Gasteiger partial charge in [0.25, 0.3) is 11.8 Å². The maximum atomic E-state index is 12.3. The van der Waals surface area contributed by atoms with Crippen LogP contribution in [0, 0.1) is 0 Å². The molecule has 0 radical (unpaired) electrons. The maximum Gasteiger partial charge on any atom is 0.270 e. The molecule has 6 nitrogen and oxygen atoms in total. The second kappa shape index (κ2) is 9.97. The fourth-order valence-electron chi connectivity index (χ4n) is 2.71. The van der Waals surface area contributed by atoms with E-state index in [1.807, 2.05) is 30.3 Å². The molecule has 0 atom stereocenters. The molecule has 6 heteroatoms. The van der Waals surface area contributed by atoms with E-state index < -0.39 is 0 Å². The lowest BCUT2D eigenvalue weighted by Crippen LogP contribution is -2.27. The van der Waals surface area contributed by atoms with Crippen LogP contribution in [0.1, 0.15) is 38.4 Å². The first-order valence-electron chi connectivity index (χ1n) is 9.17. The fourth-order valence-corrected chi connectivity index (χ4v) is 2.71. The molecule has 0 unspecified atom stereocenters.